The molecule has 1 aromatic rings. The SMILES string of the molecule is COc1cccc(C#C[C@@]2(O)CCC[C@H]3C(=O)CCC[C@@H]32)c1. The smallest absolute Gasteiger partial charge is 0.136 e. The third-order valence-electron chi connectivity index (χ3n) is 5.02. The Kier molecular flexibility index (Phi) is 4.22. The van der Waals surface area contributed by atoms with Gasteiger partial charge in [-0.2, -0.15) is 0 Å². The van der Waals surface area contributed by atoms with Crippen molar-refractivity contribution in [3.8, 4) is 17.6 Å². The van der Waals surface area contributed by atoms with Crippen molar-refractivity contribution >= 4 is 5.78 Å². The second-order valence-corrected chi connectivity index (χ2v) is 6.37. The molecule has 2 aliphatic rings. The molecule has 3 nitrogen and oxygen atoms in total. The Morgan fingerprint density at radius 3 is 3.00 bits per heavy atom. The second-order valence-electron chi connectivity index (χ2n) is 6.37. The van der Waals surface area contributed by atoms with Gasteiger partial charge < -0.3 is 9.84 Å². The molecule has 3 atom stereocenters. The third kappa shape index (κ3) is 2.89. The number of carbonyl (C=O) groups is 1. The molecule has 0 aromatic heterocycles. The molecule has 0 aliphatic heterocycles. The van der Waals surface area contributed by atoms with Gasteiger partial charge in [-0.1, -0.05) is 17.9 Å². The molecule has 1 N–H and O–H groups in total. The topological polar surface area (TPSA) is 46.5 Å². The molecule has 1 aromatic carbocycles. The summed E-state index contributed by atoms with van der Waals surface area (Å²) >= 11 is 0. The molecule has 2 saturated carbocycles. The van der Waals surface area contributed by atoms with Crippen molar-refractivity contribution in [2.45, 2.75) is 44.1 Å². The number of hydrogen-bond acceptors (Lipinski definition) is 3. The summed E-state index contributed by atoms with van der Waals surface area (Å²) < 4.78 is 5.20. The van der Waals surface area contributed by atoms with Crippen molar-refractivity contribution < 1.29 is 14.6 Å². The zero-order valence-corrected chi connectivity index (χ0v) is 13.0. The van der Waals surface area contributed by atoms with Crippen LogP contribution in [-0.2, 0) is 4.79 Å². The van der Waals surface area contributed by atoms with E-state index >= 15 is 0 Å². The Morgan fingerprint density at radius 2 is 2.18 bits per heavy atom. The maximum absolute atomic E-state index is 12.1. The Hall–Kier alpha value is -1.79. The minimum Gasteiger partial charge on any atom is -0.497 e. The van der Waals surface area contributed by atoms with Gasteiger partial charge in [-0.25, -0.2) is 0 Å². The van der Waals surface area contributed by atoms with Crippen LogP contribution in [0.1, 0.15) is 44.1 Å². The van der Waals surface area contributed by atoms with Crippen molar-refractivity contribution in [2.24, 2.45) is 11.8 Å². The first-order valence-electron chi connectivity index (χ1n) is 8.05. The molecule has 22 heavy (non-hydrogen) atoms. The number of ketones is 1. The van der Waals surface area contributed by atoms with Gasteiger partial charge in [0.1, 0.15) is 17.1 Å². The summed E-state index contributed by atoms with van der Waals surface area (Å²) in [5, 5.41) is 11.0. The van der Waals surface area contributed by atoms with E-state index in [0.717, 1.165) is 37.0 Å². The van der Waals surface area contributed by atoms with Crippen molar-refractivity contribution in [1.29, 1.82) is 0 Å². The van der Waals surface area contributed by atoms with Gasteiger partial charge in [0.2, 0.25) is 0 Å². The summed E-state index contributed by atoms with van der Waals surface area (Å²) in [4.78, 5) is 12.1. The molecule has 0 bridgehead atoms. The second kappa shape index (κ2) is 6.14. The van der Waals surface area contributed by atoms with E-state index in [2.05, 4.69) is 11.8 Å². The first-order valence-corrected chi connectivity index (χ1v) is 8.05. The Balaban J connectivity index is 1.86. The molecule has 0 unspecified atom stereocenters. The lowest BCUT2D eigenvalue weighted by Crippen LogP contribution is -2.48. The molecular weight excluding hydrogens is 276 g/mol. The lowest BCUT2D eigenvalue weighted by molar-refractivity contribution is -0.135. The van der Waals surface area contributed by atoms with E-state index < -0.39 is 5.60 Å². The number of carbonyl (C=O) groups excluding carboxylic acids is 1. The molecule has 0 radical (unpaired) electrons. The molecule has 2 fully saturated rings. The maximum atomic E-state index is 12.1. The van der Waals surface area contributed by atoms with E-state index in [9.17, 15) is 9.90 Å². The van der Waals surface area contributed by atoms with Crippen LogP contribution in [0.25, 0.3) is 0 Å². The summed E-state index contributed by atoms with van der Waals surface area (Å²) in [5.41, 5.74) is -0.195. The van der Waals surface area contributed by atoms with Crippen LogP contribution < -0.4 is 4.74 Å². The van der Waals surface area contributed by atoms with Gasteiger partial charge in [-0.3, -0.25) is 4.79 Å². The minimum absolute atomic E-state index is 0.000563. The van der Waals surface area contributed by atoms with Crippen LogP contribution in [0.5, 0.6) is 5.75 Å². The molecule has 3 heteroatoms. The van der Waals surface area contributed by atoms with Crippen LogP contribution in [0.3, 0.4) is 0 Å². The van der Waals surface area contributed by atoms with Crippen LogP contribution in [0, 0.1) is 23.7 Å². The molecule has 2 aliphatic carbocycles. The molecule has 0 amide bonds. The van der Waals surface area contributed by atoms with Crippen molar-refractivity contribution in [2.75, 3.05) is 7.11 Å². The quantitative estimate of drug-likeness (QED) is 0.811. The lowest BCUT2D eigenvalue weighted by atomic mass is 9.63. The van der Waals surface area contributed by atoms with E-state index in [1.807, 2.05) is 24.3 Å². The summed E-state index contributed by atoms with van der Waals surface area (Å²) in [6, 6.07) is 7.53. The van der Waals surface area contributed by atoms with E-state index in [1.165, 1.54) is 0 Å². The summed E-state index contributed by atoms with van der Waals surface area (Å²) in [6.07, 6.45) is 4.89. The maximum Gasteiger partial charge on any atom is 0.136 e. The van der Waals surface area contributed by atoms with Gasteiger partial charge in [0.25, 0.3) is 0 Å². The Morgan fingerprint density at radius 1 is 1.32 bits per heavy atom. The number of methoxy groups -OCH3 is 1. The largest absolute Gasteiger partial charge is 0.497 e. The predicted molar refractivity (Wildman–Crippen MR) is 84.5 cm³/mol. The summed E-state index contributed by atoms with van der Waals surface area (Å²) in [7, 11) is 1.62. The average Bonchev–Trinajstić information content (AvgIpc) is 2.55. The number of benzene rings is 1. The molecule has 0 spiro atoms. The summed E-state index contributed by atoms with van der Waals surface area (Å²) in [6.45, 7) is 0. The molecule has 3 rings (SSSR count). The van der Waals surface area contributed by atoms with Crippen LogP contribution >= 0.6 is 0 Å². The number of Topliss-reactive ketones (excluding diaryl/α,β-unsaturated/α-hetero) is 1. The van der Waals surface area contributed by atoms with E-state index in [4.69, 9.17) is 4.74 Å². The number of rotatable bonds is 1. The van der Waals surface area contributed by atoms with Crippen molar-refractivity contribution in [3.63, 3.8) is 0 Å². The van der Waals surface area contributed by atoms with Crippen LogP contribution in [-0.4, -0.2) is 23.6 Å². The monoisotopic (exact) mass is 298 g/mol. The highest BCUT2D eigenvalue weighted by Crippen LogP contribution is 2.44. The van der Waals surface area contributed by atoms with Crippen molar-refractivity contribution in [1.82, 2.24) is 0 Å². The fourth-order valence-corrected chi connectivity index (χ4v) is 3.85. The first-order chi connectivity index (χ1) is 10.6. The third-order valence-corrected chi connectivity index (χ3v) is 5.02. The molecule has 0 heterocycles. The van der Waals surface area contributed by atoms with E-state index in [0.29, 0.717) is 18.6 Å². The Labute approximate surface area is 131 Å². The molecular formula is C19H22O3. The summed E-state index contributed by atoms with van der Waals surface area (Å²) in [5.74, 6) is 7.25. The number of fused-ring (bicyclic) bond motifs is 1. The predicted octanol–water partition coefficient (Wildman–Crippen LogP) is 2.95. The first kappa shape index (κ1) is 15.1. The van der Waals surface area contributed by atoms with Crippen LogP contribution in [0.15, 0.2) is 24.3 Å². The highest BCUT2D eigenvalue weighted by molar-refractivity contribution is 5.82. The minimum atomic E-state index is -1.03. The van der Waals surface area contributed by atoms with Gasteiger partial charge in [0.15, 0.2) is 0 Å². The van der Waals surface area contributed by atoms with E-state index in [1.54, 1.807) is 7.11 Å². The van der Waals surface area contributed by atoms with Gasteiger partial charge in [0, 0.05) is 23.8 Å². The van der Waals surface area contributed by atoms with Crippen LogP contribution in [0.2, 0.25) is 0 Å². The number of ether oxygens (including phenoxy) is 1. The fraction of sp³-hybridized carbons (Fsp3) is 0.526. The zero-order chi connectivity index (χ0) is 15.6. The van der Waals surface area contributed by atoms with Gasteiger partial charge in [-0.05, 0) is 50.3 Å². The average molecular weight is 298 g/mol. The molecule has 116 valence electrons. The highest BCUT2D eigenvalue weighted by atomic mass is 16.5. The number of aliphatic hydroxyl groups is 1. The number of hydrogen-bond donors (Lipinski definition) is 1. The highest BCUT2D eigenvalue weighted by Gasteiger charge is 2.47. The van der Waals surface area contributed by atoms with Crippen molar-refractivity contribution in [3.05, 3.63) is 29.8 Å². The Bertz CT molecular complexity index is 625. The standard InChI is InChI=1S/C19H22O3/c1-22-15-6-2-5-14(13-15)10-12-19(21)11-4-7-16-17(19)8-3-9-18(16)20/h2,5-6,13,16-17,21H,3-4,7-9,11H2,1H3/t16-,17+,19+/m1/s1. The van der Waals surface area contributed by atoms with Gasteiger partial charge in [0.05, 0.1) is 7.11 Å². The van der Waals surface area contributed by atoms with Gasteiger partial charge in [-0.15, -0.1) is 0 Å². The van der Waals surface area contributed by atoms with Gasteiger partial charge >= 0.3 is 0 Å². The normalized spacial score (nSPS) is 30.9. The lowest BCUT2D eigenvalue weighted by Gasteiger charge is -2.43. The fourth-order valence-electron chi connectivity index (χ4n) is 3.85. The zero-order valence-electron chi connectivity index (χ0n) is 13.0. The van der Waals surface area contributed by atoms with Crippen LogP contribution in [0.4, 0.5) is 0 Å². The molecule has 0 saturated heterocycles. The van der Waals surface area contributed by atoms with E-state index in [-0.39, 0.29) is 11.8 Å².